The van der Waals surface area contributed by atoms with Gasteiger partial charge in [-0.1, -0.05) is 104 Å². The second-order valence-corrected chi connectivity index (χ2v) is 13.8. The lowest BCUT2D eigenvalue weighted by Crippen LogP contribution is -2.38. The molecule has 7 rings (SSSR count). The number of ether oxygens (including phenoxy) is 3. The lowest BCUT2D eigenvalue weighted by molar-refractivity contribution is -0.268. The van der Waals surface area contributed by atoms with Crippen LogP contribution in [0.15, 0.2) is 133 Å². The SMILES string of the molecule is C[C@H]1[C@@H](CSc2nnnn2C)O[C@@H](c2ccc(-c3cccc(CNC(=O)Nc4ccc(Oc5ccccc5)cc4)c3)cc2)O[C@H]1c1ccc(CO)cc1. The van der Waals surface area contributed by atoms with Crippen LogP contribution in [0.2, 0.25) is 0 Å². The maximum atomic E-state index is 12.7. The van der Waals surface area contributed by atoms with Crippen LogP contribution >= 0.6 is 11.8 Å². The molecule has 0 unspecified atom stereocenters. The fourth-order valence-corrected chi connectivity index (χ4v) is 7.11. The summed E-state index contributed by atoms with van der Waals surface area (Å²) in [5, 5.41) is 27.9. The Kier molecular flexibility index (Phi) is 11.4. The van der Waals surface area contributed by atoms with Crippen LogP contribution in [0.3, 0.4) is 0 Å². The van der Waals surface area contributed by atoms with E-state index >= 15 is 0 Å². The molecular weight excluding hydrogens is 689 g/mol. The maximum Gasteiger partial charge on any atom is 0.319 e. The molecule has 270 valence electrons. The number of amides is 2. The standard InChI is InChI=1S/C41H40N6O5S/c1-27-37(26-53-41-44-45-46-47(41)2)51-39(52-38(27)31-13-11-28(25-48)12-14-31)32-17-15-30(16-18-32)33-8-6-7-29(23-33)24-42-40(49)43-34-19-21-36(22-20-34)50-35-9-4-3-5-10-35/h3-23,27,37-39,48H,24-26H2,1-2H3,(H2,42,43,49)/t27-,37+,38+,39+/m0/s1. The number of nitrogens with zero attached hydrogens (tertiary/aromatic N) is 4. The number of benzene rings is 5. The number of anilines is 1. The molecule has 1 fully saturated rings. The first-order chi connectivity index (χ1) is 25.9. The van der Waals surface area contributed by atoms with Crippen molar-refractivity contribution in [2.24, 2.45) is 13.0 Å². The molecule has 0 radical (unpaired) electrons. The Hall–Kier alpha value is -5.53. The Balaban J connectivity index is 0.985. The van der Waals surface area contributed by atoms with E-state index in [2.05, 4.69) is 51.3 Å². The molecule has 6 aromatic rings. The number of aliphatic hydroxyl groups excluding tert-OH is 1. The monoisotopic (exact) mass is 728 g/mol. The van der Waals surface area contributed by atoms with Crippen LogP contribution in [0, 0.1) is 5.92 Å². The summed E-state index contributed by atoms with van der Waals surface area (Å²) in [5.41, 5.74) is 6.47. The molecule has 1 saturated heterocycles. The Labute approximate surface area is 312 Å². The van der Waals surface area contributed by atoms with Gasteiger partial charge in [-0.3, -0.25) is 0 Å². The van der Waals surface area contributed by atoms with E-state index in [-0.39, 0.29) is 30.8 Å². The van der Waals surface area contributed by atoms with Crippen molar-refractivity contribution in [3.63, 3.8) is 0 Å². The molecule has 0 spiro atoms. The Morgan fingerprint density at radius 3 is 2.28 bits per heavy atom. The maximum absolute atomic E-state index is 12.7. The predicted molar refractivity (Wildman–Crippen MR) is 203 cm³/mol. The Morgan fingerprint density at radius 2 is 1.57 bits per heavy atom. The van der Waals surface area contributed by atoms with E-state index in [1.807, 2.05) is 104 Å². The van der Waals surface area contributed by atoms with Gasteiger partial charge in [0.1, 0.15) is 11.5 Å². The van der Waals surface area contributed by atoms with Gasteiger partial charge < -0.3 is 30.0 Å². The van der Waals surface area contributed by atoms with Crippen LogP contribution in [0.4, 0.5) is 10.5 Å². The highest BCUT2D eigenvalue weighted by Crippen LogP contribution is 2.43. The number of para-hydroxylation sites is 1. The van der Waals surface area contributed by atoms with Crippen LogP contribution in [0.5, 0.6) is 11.5 Å². The third kappa shape index (κ3) is 9.10. The lowest BCUT2D eigenvalue weighted by Gasteiger charge is -2.41. The third-order valence-electron chi connectivity index (χ3n) is 9.07. The van der Waals surface area contributed by atoms with Crippen LogP contribution in [-0.4, -0.2) is 43.2 Å². The van der Waals surface area contributed by atoms with Crippen molar-refractivity contribution in [3.8, 4) is 22.6 Å². The molecule has 1 aromatic heterocycles. The quantitative estimate of drug-likeness (QED) is 0.107. The highest BCUT2D eigenvalue weighted by molar-refractivity contribution is 7.99. The average molecular weight is 729 g/mol. The normalized spacial score (nSPS) is 18.3. The number of aryl methyl sites for hydroxylation is 1. The first-order valence-electron chi connectivity index (χ1n) is 17.3. The zero-order valence-corrected chi connectivity index (χ0v) is 30.1. The van der Waals surface area contributed by atoms with Gasteiger partial charge >= 0.3 is 6.03 Å². The molecule has 5 aromatic carbocycles. The van der Waals surface area contributed by atoms with E-state index in [0.29, 0.717) is 23.7 Å². The molecule has 12 heteroatoms. The topological polar surface area (TPSA) is 133 Å². The molecular formula is C41H40N6O5S. The molecule has 0 aliphatic carbocycles. The summed E-state index contributed by atoms with van der Waals surface area (Å²) < 4.78 is 20.7. The number of hydrogen-bond acceptors (Lipinski definition) is 9. The van der Waals surface area contributed by atoms with Crippen molar-refractivity contribution in [2.75, 3.05) is 11.1 Å². The summed E-state index contributed by atoms with van der Waals surface area (Å²) in [6.07, 6.45) is -0.960. The molecule has 11 nitrogen and oxygen atoms in total. The van der Waals surface area contributed by atoms with Crippen molar-refractivity contribution < 1.29 is 24.1 Å². The fraction of sp³-hybridized carbons (Fsp3) is 0.220. The summed E-state index contributed by atoms with van der Waals surface area (Å²) in [5.74, 6) is 2.12. The summed E-state index contributed by atoms with van der Waals surface area (Å²) in [6.45, 7) is 2.48. The molecule has 3 N–H and O–H groups in total. The number of urea groups is 1. The molecule has 2 amide bonds. The van der Waals surface area contributed by atoms with Crippen molar-refractivity contribution >= 4 is 23.5 Å². The highest BCUT2D eigenvalue weighted by Gasteiger charge is 2.38. The van der Waals surface area contributed by atoms with Gasteiger partial charge in [0.25, 0.3) is 0 Å². The lowest BCUT2D eigenvalue weighted by atomic mass is 9.91. The van der Waals surface area contributed by atoms with Gasteiger partial charge in [-0.2, -0.15) is 0 Å². The number of rotatable bonds is 12. The van der Waals surface area contributed by atoms with Crippen molar-refractivity contribution in [1.29, 1.82) is 0 Å². The summed E-state index contributed by atoms with van der Waals surface area (Å²) in [7, 11) is 1.82. The Morgan fingerprint density at radius 1 is 0.830 bits per heavy atom. The van der Waals surface area contributed by atoms with Gasteiger partial charge in [0.15, 0.2) is 6.29 Å². The zero-order valence-electron chi connectivity index (χ0n) is 29.3. The molecule has 0 saturated carbocycles. The molecule has 1 aliphatic rings. The zero-order chi connectivity index (χ0) is 36.6. The molecule has 4 atom stereocenters. The van der Waals surface area contributed by atoms with E-state index in [1.165, 1.54) is 0 Å². The van der Waals surface area contributed by atoms with Crippen molar-refractivity contribution in [3.05, 3.63) is 150 Å². The van der Waals surface area contributed by atoms with Crippen molar-refractivity contribution in [2.45, 2.75) is 43.7 Å². The number of tetrazole rings is 1. The smallest absolute Gasteiger partial charge is 0.319 e. The minimum atomic E-state index is -0.590. The van der Waals surface area contributed by atoms with Gasteiger partial charge in [0, 0.05) is 36.5 Å². The summed E-state index contributed by atoms with van der Waals surface area (Å²) >= 11 is 1.55. The molecule has 2 heterocycles. The number of carbonyl (C=O) groups is 1. The minimum absolute atomic E-state index is 0.0131. The first kappa shape index (κ1) is 35.9. The van der Waals surface area contributed by atoms with Crippen LogP contribution in [0.1, 0.15) is 41.6 Å². The Bertz CT molecular complexity index is 2100. The van der Waals surface area contributed by atoms with Gasteiger partial charge in [0.05, 0.1) is 18.8 Å². The molecule has 1 aliphatic heterocycles. The van der Waals surface area contributed by atoms with Gasteiger partial charge in [0.2, 0.25) is 5.16 Å². The number of carbonyl (C=O) groups excluding carboxylic acids is 1. The van der Waals surface area contributed by atoms with Crippen LogP contribution < -0.4 is 15.4 Å². The third-order valence-corrected chi connectivity index (χ3v) is 10.2. The second-order valence-electron chi connectivity index (χ2n) is 12.8. The number of hydrogen-bond donors (Lipinski definition) is 3. The van der Waals surface area contributed by atoms with E-state index in [0.717, 1.165) is 44.3 Å². The average Bonchev–Trinajstić information content (AvgIpc) is 3.62. The van der Waals surface area contributed by atoms with E-state index < -0.39 is 6.29 Å². The number of thioether (sulfide) groups is 1. The van der Waals surface area contributed by atoms with Gasteiger partial charge in [-0.05, 0) is 80.7 Å². The van der Waals surface area contributed by atoms with E-state index in [1.54, 1.807) is 28.6 Å². The van der Waals surface area contributed by atoms with E-state index in [4.69, 9.17) is 14.2 Å². The number of aromatic nitrogens is 4. The molecule has 53 heavy (non-hydrogen) atoms. The fourth-order valence-electron chi connectivity index (χ4n) is 6.09. The number of nitrogens with one attached hydrogen (secondary N) is 2. The predicted octanol–water partition coefficient (Wildman–Crippen LogP) is 8.07. The largest absolute Gasteiger partial charge is 0.457 e. The van der Waals surface area contributed by atoms with Gasteiger partial charge in [-0.15, -0.1) is 5.10 Å². The summed E-state index contributed by atoms with van der Waals surface area (Å²) in [4.78, 5) is 12.7. The second kappa shape index (κ2) is 16.9. The first-order valence-corrected chi connectivity index (χ1v) is 18.3. The highest BCUT2D eigenvalue weighted by atomic mass is 32.2. The molecule has 0 bridgehead atoms. The van der Waals surface area contributed by atoms with E-state index in [9.17, 15) is 9.90 Å². The minimum Gasteiger partial charge on any atom is -0.457 e. The van der Waals surface area contributed by atoms with Crippen LogP contribution in [-0.2, 0) is 29.7 Å². The number of aliphatic hydroxyl groups is 1. The van der Waals surface area contributed by atoms with Crippen LogP contribution in [0.25, 0.3) is 11.1 Å². The van der Waals surface area contributed by atoms with Crippen molar-refractivity contribution in [1.82, 2.24) is 25.5 Å². The van der Waals surface area contributed by atoms with Gasteiger partial charge in [-0.25, -0.2) is 9.48 Å². The summed E-state index contributed by atoms with van der Waals surface area (Å²) in [6, 6.07) is 40.7.